The molecule has 0 unspecified atom stereocenters. The molecule has 0 bridgehead atoms. The summed E-state index contributed by atoms with van der Waals surface area (Å²) < 4.78 is 5.60. The summed E-state index contributed by atoms with van der Waals surface area (Å²) in [5.41, 5.74) is -0.222. The van der Waals surface area contributed by atoms with Gasteiger partial charge in [0, 0.05) is 26.6 Å². The zero-order valence-electron chi connectivity index (χ0n) is 8.91. The number of morpholine rings is 1. The fraction of sp³-hybridized carbons (Fsp3) is 0.800. The van der Waals surface area contributed by atoms with E-state index in [2.05, 4.69) is 5.32 Å². The summed E-state index contributed by atoms with van der Waals surface area (Å²) >= 11 is 0. The number of nitrogens with zero attached hydrogens (tertiary/aromatic N) is 1. The summed E-state index contributed by atoms with van der Waals surface area (Å²) in [6.45, 7) is 3.77. The number of amides is 2. The Hall–Kier alpha value is -1.10. The van der Waals surface area contributed by atoms with E-state index < -0.39 is 0 Å². The average molecular weight is 212 g/mol. The third-order valence-electron chi connectivity index (χ3n) is 3.24. The summed E-state index contributed by atoms with van der Waals surface area (Å²) in [5, 5.41) is 2.82. The van der Waals surface area contributed by atoms with Crippen LogP contribution in [-0.2, 0) is 14.3 Å². The molecule has 2 rings (SSSR count). The summed E-state index contributed by atoms with van der Waals surface area (Å²) in [6.07, 6.45) is 1.62. The SMILES string of the molecule is CC(=O)N1CCC2(CC1)CNC(=O)CO2. The smallest absolute Gasteiger partial charge is 0.246 e. The third kappa shape index (κ3) is 2.12. The van der Waals surface area contributed by atoms with Gasteiger partial charge >= 0.3 is 0 Å². The van der Waals surface area contributed by atoms with Crippen molar-refractivity contribution in [3.05, 3.63) is 0 Å². The third-order valence-corrected chi connectivity index (χ3v) is 3.24. The lowest BCUT2D eigenvalue weighted by molar-refractivity contribution is -0.154. The van der Waals surface area contributed by atoms with Crippen LogP contribution in [0, 0.1) is 0 Å². The number of ether oxygens (including phenoxy) is 1. The van der Waals surface area contributed by atoms with E-state index in [9.17, 15) is 9.59 Å². The van der Waals surface area contributed by atoms with Gasteiger partial charge in [0.2, 0.25) is 11.8 Å². The minimum Gasteiger partial charge on any atom is -0.363 e. The van der Waals surface area contributed by atoms with Crippen molar-refractivity contribution in [1.82, 2.24) is 10.2 Å². The van der Waals surface area contributed by atoms with Gasteiger partial charge in [-0.25, -0.2) is 0 Å². The quantitative estimate of drug-likeness (QED) is 0.589. The van der Waals surface area contributed by atoms with Crippen LogP contribution in [0.3, 0.4) is 0 Å². The molecule has 2 aliphatic rings. The predicted octanol–water partition coefficient (Wildman–Crippen LogP) is -0.486. The topological polar surface area (TPSA) is 58.6 Å². The lowest BCUT2D eigenvalue weighted by Crippen LogP contribution is -2.57. The van der Waals surface area contributed by atoms with Gasteiger partial charge in [0.15, 0.2) is 0 Å². The maximum atomic E-state index is 11.1. The number of hydrogen-bond acceptors (Lipinski definition) is 3. The van der Waals surface area contributed by atoms with E-state index in [0.29, 0.717) is 6.54 Å². The van der Waals surface area contributed by atoms with Crippen molar-refractivity contribution >= 4 is 11.8 Å². The molecular formula is C10H16N2O3. The Morgan fingerprint density at radius 1 is 1.47 bits per heavy atom. The number of rotatable bonds is 0. The molecule has 0 atom stereocenters. The van der Waals surface area contributed by atoms with Crippen molar-refractivity contribution in [2.24, 2.45) is 0 Å². The van der Waals surface area contributed by atoms with E-state index in [1.807, 2.05) is 4.90 Å². The second kappa shape index (κ2) is 3.81. The number of likely N-dealkylation sites (tertiary alicyclic amines) is 1. The normalized spacial score (nSPS) is 25.1. The molecule has 84 valence electrons. The van der Waals surface area contributed by atoms with Gasteiger partial charge in [-0.15, -0.1) is 0 Å². The molecular weight excluding hydrogens is 196 g/mol. The highest BCUT2D eigenvalue weighted by Crippen LogP contribution is 2.27. The fourth-order valence-electron chi connectivity index (χ4n) is 2.13. The standard InChI is InChI=1S/C10H16N2O3/c1-8(13)12-4-2-10(3-5-12)7-11-9(14)6-15-10/h2-7H2,1H3,(H,11,14). The van der Waals surface area contributed by atoms with Gasteiger partial charge in [0.25, 0.3) is 0 Å². The van der Waals surface area contributed by atoms with Crippen LogP contribution in [-0.4, -0.2) is 48.6 Å². The molecule has 2 amide bonds. The molecule has 2 aliphatic heterocycles. The van der Waals surface area contributed by atoms with Gasteiger partial charge in [0.1, 0.15) is 6.61 Å². The van der Waals surface area contributed by atoms with E-state index in [0.717, 1.165) is 25.9 Å². The number of piperidine rings is 1. The molecule has 0 saturated carbocycles. The zero-order chi connectivity index (χ0) is 10.9. The Morgan fingerprint density at radius 2 is 2.13 bits per heavy atom. The Labute approximate surface area is 88.8 Å². The van der Waals surface area contributed by atoms with Crippen molar-refractivity contribution in [1.29, 1.82) is 0 Å². The average Bonchev–Trinajstić information content (AvgIpc) is 2.24. The second-order valence-electron chi connectivity index (χ2n) is 4.25. The maximum Gasteiger partial charge on any atom is 0.246 e. The lowest BCUT2D eigenvalue weighted by atomic mass is 9.90. The fourth-order valence-corrected chi connectivity index (χ4v) is 2.13. The predicted molar refractivity (Wildman–Crippen MR) is 53.2 cm³/mol. The number of hydrogen-bond donors (Lipinski definition) is 1. The summed E-state index contributed by atoms with van der Waals surface area (Å²) in [6, 6.07) is 0. The van der Waals surface area contributed by atoms with E-state index in [4.69, 9.17) is 4.74 Å². The first-order valence-corrected chi connectivity index (χ1v) is 5.27. The van der Waals surface area contributed by atoms with E-state index in [-0.39, 0.29) is 24.0 Å². The van der Waals surface area contributed by atoms with E-state index in [1.54, 1.807) is 6.92 Å². The molecule has 0 aliphatic carbocycles. The number of nitrogens with one attached hydrogen (secondary N) is 1. The molecule has 15 heavy (non-hydrogen) atoms. The molecule has 2 fully saturated rings. The molecule has 0 aromatic heterocycles. The molecule has 2 saturated heterocycles. The van der Waals surface area contributed by atoms with Crippen molar-refractivity contribution < 1.29 is 14.3 Å². The molecule has 0 aromatic rings. The minimum absolute atomic E-state index is 0.0466. The summed E-state index contributed by atoms with van der Waals surface area (Å²) in [4.78, 5) is 23.9. The van der Waals surface area contributed by atoms with Crippen LogP contribution in [0.1, 0.15) is 19.8 Å². The monoisotopic (exact) mass is 212 g/mol. The maximum absolute atomic E-state index is 11.1. The van der Waals surface area contributed by atoms with Crippen molar-refractivity contribution in [2.75, 3.05) is 26.2 Å². The molecule has 1 spiro atoms. The van der Waals surface area contributed by atoms with Gasteiger partial charge < -0.3 is 15.0 Å². The molecule has 0 radical (unpaired) electrons. The molecule has 0 aromatic carbocycles. The first kappa shape index (κ1) is 10.4. The first-order chi connectivity index (χ1) is 7.11. The molecule has 5 nitrogen and oxygen atoms in total. The molecule has 1 N–H and O–H groups in total. The Kier molecular flexibility index (Phi) is 2.65. The van der Waals surface area contributed by atoms with Gasteiger partial charge in [-0.05, 0) is 12.8 Å². The van der Waals surface area contributed by atoms with Crippen LogP contribution < -0.4 is 5.32 Å². The number of carbonyl (C=O) groups excluding carboxylic acids is 2. The van der Waals surface area contributed by atoms with Crippen LogP contribution in [0.4, 0.5) is 0 Å². The zero-order valence-corrected chi connectivity index (χ0v) is 8.91. The summed E-state index contributed by atoms with van der Waals surface area (Å²) in [7, 11) is 0. The van der Waals surface area contributed by atoms with Gasteiger partial charge in [0.05, 0.1) is 5.60 Å². The van der Waals surface area contributed by atoms with Crippen molar-refractivity contribution in [3.8, 4) is 0 Å². The highest BCUT2D eigenvalue weighted by molar-refractivity contribution is 5.78. The molecule has 5 heteroatoms. The van der Waals surface area contributed by atoms with Crippen molar-refractivity contribution in [3.63, 3.8) is 0 Å². The van der Waals surface area contributed by atoms with Crippen molar-refractivity contribution in [2.45, 2.75) is 25.4 Å². The van der Waals surface area contributed by atoms with Crippen LogP contribution in [0.2, 0.25) is 0 Å². The van der Waals surface area contributed by atoms with Crippen LogP contribution in [0.15, 0.2) is 0 Å². The van der Waals surface area contributed by atoms with Gasteiger partial charge in [-0.2, -0.15) is 0 Å². The number of carbonyl (C=O) groups is 2. The Balaban J connectivity index is 1.92. The van der Waals surface area contributed by atoms with E-state index >= 15 is 0 Å². The lowest BCUT2D eigenvalue weighted by Gasteiger charge is -2.43. The van der Waals surface area contributed by atoms with Gasteiger partial charge in [-0.3, -0.25) is 9.59 Å². The summed E-state index contributed by atoms with van der Waals surface area (Å²) in [5.74, 6) is 0.0688. The van der Waals surface area contributed by atoms with Crippen LogP contribution >= 0.6 is 0 Å². The Bertz CT molecular complexity index is 270. The largest absolute Gasteiger partial charge is 0.363 e. The van der Waals surface area contributed by atoms with Gasteiger partial charge in [-0.1, -0.05) is 0 Å². The van der Waals surface area contributed by atoms with Crippen LogP contribution in [0.5, 0.6) is 0 Å². The molecule has 2 heterocycles. The highest BCUT2D eigenvalue weighted by Gasteiger charge is 2.39. The second-order valence-corrected chi connectivity index (χ2v) is 4.25. The van der Waals surface area contributed by atoms with Crippen LogP contribution in [0.25, 0.3) is 0 Å². The van der Waals surface area contributed by atoms with E-state index in [1.165, 1.54) is 0 Å². The Morgan fingerprint density at radius 3 is 2.60 bits per heavy atom. The minimum atomic E-state index is -0.222. The highest BCUT2D eigenvalue weighted by atomic mass is 16.5. The first-order valence-electron chi connectivity index (χ1n) is 5.27.